The lowest BCUT2D eigenvalue weighted by Gasteiger charge is -2.26. The molecule has 140 valence electrons. The number of benzene rings is 1. The lowest BCUT2D eigenvalue weighted by Crippen LogP contribution is -2.34. The molecule has 0 fully saturated rings. The Morgan fingerprint density at radius 3 is 2.85 bits per heavy atom. The summed E-state index contributed by atoms with van der Waals surface area (Å²) < 4.78 is 0. The number of aromatic amines is 1. The number of nitrogens with zero attached hydrogens (tertiary/aromatic N) is 1. The molecule has 0 bridgehead atoms. The van der Waals surface area contributed by atoms with Crippen molar-refractivity contribution in [2.45, 2.75) is 39.5 Å². The maximum Gasteiger partial charge on any atom is 0.222 e. The van der Waals surface area contributed by atoms with Gasteiger partial charge in [0.1, 0.15) is 0 Å². The molecule has 1 N–H and O–H groups in total. The highest BCUT2D eigenvalue weighted by molar-refractivity contribution is 7.11. The van der Waals surface area contributed by atoms with Crippen LogP contribution in [0.5, 0.6) is 0 Å². The van der Waals surface area contributed by atoms with Crippen LogP contribution in [0.25, 0.3) is 16.5 Å². The van der Waals surface area contributed by atoms with Crippen molar-refractivity contribution in [2.75, 3.05) is 13.1 Å². The van der Waals surface area contributed by atoms with E-state index < -0.39 is 0 Å². The molecule has 1 aliphatic rings. The fourth-order valence-electron chi connectivity index (χ4n) is 3.82. The molecule has 3 nitrogen and oxygen atoms in total. The van der Waals surface area contributed by atoms with Gasteiger partial charge in [-0.05, 0) is 79.0 Å². The van der Waals surface area contributed by atoms with Crippen LogP contribution < -0.4 is 0 Å². The van der Waals surface area contributed by atoms with Gasteiger partial charge >= 0.3 is 0 Å². The number of hydrogen-bond donors (Lipinski definition) is 1. The molecule has 3 heterocycles. The largest absolute Gasteiger partial charge is 0.361 e. The Morgan fingerprint density at radius 1 is 1.26 bits per heavy atom. The summed E-state index contributed by atoms with van der Waals surface area (Å²) in [5, 5.41) is 3.41. The Morgan fingerprint density at radius 2 is 2.11 bits per heavy atom. The van der Waals surface area contributed by atoms with E-state index in [9.17, 15) is 4.79 Å². The maximum absolute atomic E-state index is 12.6. The van der Waals surface area contributed by atoms with Gasteiger partial charge < -0.3 is 9.88 Å². The fraction of sp³-hybridized carbons (Fsp3) is 0.348. The van der Waals surface area contributed by atoms with E-state index in [0.717, 1.165) is 32.4 Å². The molecule has 3 aromatic rings. The van der Waals surface area contributed by atoms with E-state index in [1.165, 1.54) is 38.0 Å². The number of hydrogen-bond acceptors (Lipinski definition) is 2. The molecule has 1 aromatic carbocycles. The quantitative estimate of drug-likeness (QED) is 0.626. The van der Waals surface area contributed by atoms with Crippen molar-refractivity contribution < 1.29 is 4.79 Å². The second-order valence-electron chi connectivity index (χ2n) is 7.45. The van der Waals surface area contributed by atoms with Gasteiger partial charge in [0.15, 0.2) is 0 Å². The van der Waals surface area contributed by atoms with Gasteiger partial charge in [0, 0.05) is 41.5 Å². The molecule has 0 atom stereocenters. The number of fused-ring (bicyclic) bond motifs is 1. The molecule has 0 aliphatic carbocycles. The highest BCUT2D eigenvalue weighted by Crippen LogP contribution is 2.27. The number of H-pyrrole nitrogens is 1. The van der Waals surface area contributed by atoms with Gasteiger partial charge in [0.2, 0.25) is 5.91 Å². The fourth-order valence-corrected chi connectivity index (χ4v) is 4.62. The lowest BCUT2D eigenvalue weighted by atomic mass is 10.0. The van der Waals surface area contributed by atoms with Gasteiger partial charge in [-0.15, -0.1) is 11.3 Å². The molecule has 2 aromatic heterocycles. The van der Waals surface area contributed by atoms with Crippen LogP contribution in [0.15, 0.2) is 41.9 Å². The number of nitrogens with one attached hydrogen (secondary N) is 1. The van der Waals surface area contributed by atoms with Gasteiger partial charge in [0.05, 0.1) is 0 Å². The van der Waals surface area contributed by atoms with Crippen LogP contribution in [0.1, 0.15) is 40.8 Å². The highest BCUT2D eigenvalue weighted by atomic mass is 32.1. The number of aryl methyl sites for hydroxylation is 3. The Balaban J connectivity index is 1.32. The van der Waals surface area contributed by atoms with E-state index in [0.29, 0.717) is 6.42 Å². The summed E-state index contributed by atoms with van der Waals surface area (Å²) >= 11 is 1.78. The molecule has 1 amide bonds. The third kappa shape index (κ3) is 3.86. The third-order valence-corrected chi connectivity index (χ3v) is 6.56. The van der Waals surface area contributed by atoms with Crippen LogP contribution >= 0.6 is 11.3 Å². The minimum atomic E-state index is 0.281. The summed E-state index contributed by atoms with van der Waals surface area (Å²) in [4.78, 5) is 19.3. The average Bonchev–Trinajstić information content (AvgIpc) is 3.33. The van der Waals surface area contributed by atoms with Gasteiger partial charge in [-0.25, -0.2) is 0 Å². The molecule has 0 saturated carbocycles. The second-order valence-corrected chi connectivity index (χ2v) is 8.39. The summed E-state index contributed by atoms with van der Waals surface area (Å²) in [5.41, 5.74) is 6.53. The first-order valence-electron chi connectivity index (χ1n) is 9.69. The van der Waals surface area contributed by atoms with Crippen LogP contribution in [0.2, 0.25) is 0 Å². The Hall–Kier alpha value is -2.33. The number of rotatable bonds is 5. The standard InChI is InChI=1S/C23H26N2OS/c1-16-13-20-19(15-24-21(20)14-17(16)2)5-3-7-23(26)25-10-8-18(9-11-25)22-6-4-12-27-22/h4,6,8,12-15,24H,3,5,7,9-11H2,1-2H3. The van der Waals surface area contributed by atoms with E-state index in [4.69, 9.17) is 0 Å². The van der Waals surface area contributed by atoms with E-state index >= 15 is 0 Å². The van der Waals surface area contributed by atoms with Crippen molar-refractivity contribution in [3.8, 4) is 0 Å². The van der Waals surface area contributed by atoms with Gasteiger partial charge in [-0.3, -0.25) is 4.79 Å². The molecule has 0 radical (unpaired) electrons. The molecule has 4 rings (SSSR count). The zero-order valence-electron chi connectivity index (χ0n) is 16.0. The summed E-state index contributed by atoms with van der Waals surface area (Å²) in [6, 6.07) is 8.73. The van der Waals surface area contributed by atoms with Crippen molar-refractivity contribution in [3.63, 3.8) is 0 Å². The first kappa shape index (κ1) is 18.1. The molecule has 27 heavy (non-hydrogen) atoms. The summed E-state index contributed by atoms with van der Waals surface area (Å²) in [6.45, 7) is 5.89. The van der Waals surface area contributed by atoms with Crippen molar-refractivity contribution in [1.82, 2.24) is 9.88 Å². The average molecular weight is 379 g/mol. The van der Waals surface area contributed by atoms with Gasteiger partial charge in [-0.1, -0.05) is 12.1 Å². The lowest BCUT2D eigenvalue weighted by molar-refractivity contribution is -0.130. The predicted molar refractivity (Wildman–Crippen MR) is 114 cm³/mol. The molecule has 1 aliphatic heterocycles. The van der Waals surface area contributed by atoms with Crippen LogP contribution in [0, 0.1) is 13.8 Å². The van der Waals surface area contributed by atoms with Crippen molar-refractivity contribution in [1.29, 1.82) is 0 Å². The minimum absolute atomic E-state index is 0.281. The normalized spacial score (nSPS) is 14.6. The van der Waals surface area contributed by atoms with Crippen LogP contribution in [0.3, 0.4) is 0 Å². The van der Waals surface area contributed by atoms with Gasteiger partial charge in [-0.2, -0.15) is 0 Å². The molecule has 0 saturated heterocycles. The molecule has 0 spiro atoms. The predicted octanol–water partition coefficient (Wildman–Crippen LogP) is 5.48. The Bertz CT molecular complexity index is 981. The molecular formula is C23H26N2OS. The third-order valence-electron chi connectivity index (χ3n) is 5.62. The number of aromatic nitrogens is 1. The molecular weight excluding hydrogens is 352 g/mol. The van der Waals surface area contributed by atoms with Crippen molar-refractivity contribution in [2.24, 2.45) is 0 Å². The van der Waals surface area contributed by atoms with Crippen LogP contribution in [-0.4, -0.2) is 28.9 Å². The van der Waals surface area contributed by atoms with E-state index in [1.807, 2.05) is 4.90 Å². The first-order chi connectivity index (χ1) is 13.1. The molecule has 4 heteroatoms. The number of carbonyl (C=O) groups is 1. The van der Waals surface area contributed by atoms with E-state index in [1.54, 1.807) is 11.3 Å². The Kier molecular flexibility index (Phi) is 5.17. The van der Waals surface area contributed by atoms with Crippen molar-refractivity contribution >= 4 is 33.7 Å². The van der Waals surface area contributed by atoms with Gasteiger partial charge in [0.25, 0.3) is 0 Å². The van der Waals surface area contributed by atoms with E-state index in [-0.39, 0.29) is 5.91 Å². The number of amides is 1. The number of thiophene rings is 1. The number of carbonyl (C=O) groups excluding carboxylic acids is 1. The summed E-state index contributed by atoms with van der Waals surface area (Å²) in [6.07, 6.45) is 7.76. The zero-order chi connectivity index (χ0) is 18.8. The first-order valence-corrected chi connectivity index (χ1v) is 10.6. The monoisotopic (exact) mass is 378 g/mol. The summed E-state index contributed by atoms with van der Waals surface area (Å²) in [7, 11) is 0. The van der Waals surface area contributed by atoms with Crippen molar-refractivity contribution in [3.05, 3.63) is 63.5 Å². The van der Waals surface area contributed by atoms with E-state index in [2.05, 4.69) is 60.7 Å². The summed E-state index contributed by atoms with van der Waals surface area (Å²) in [5.74, 6) is 0.281. The smallest absolute Gasteiger partial charge is 0.222 e. The van der Waals surface area contributed by atoms with Crippen LogP contribution in [-0.2, 0) is 11.2 Å². The minimum Gasteiger partial charge on any atom is -0.361 e. The second kappa shape index (κ2) is 7.73. The Labute approximate surface area is 164 Å². The molecule has 0 unspecified atom stereocenters. The SMILES string of the molecule is Cc1cc2[nH]cc(CCCC(=O)N3CC=C(c4cccs4)CC3)c2cc1C. The topological polar surface area (TPSA) is 36.1 Å². The highest BCUT2D eigenvalue weighted by Gasteiger charge is 2.18. The zero-order valence-corrected chi connectivity index (χ0v) is 16.9. The maximum atomic E-state index is 12.6. The van der Waals surface area contributed by atoms with Crippen LogP contribution in [0.4, 0.5) is 0 Å².